The molecule has 0 aliphatic heterocycles. The molecular formula is C11H13NO2. The smallest absolute Gasteiger partial charge is 0.273 e. The van der Waals surface area contributed by atoms with Gasteiger partial charge in [0.1, 0.15) is 0 Å². The summed E-state index contributed by atoms with van der Waals surface area (Å²) in [6, 6.07) is 9.05. The molecular weight excluding hydrogens is 178 g/mol. The summed E-state index contributed by atoms with van der Waals surface area (Å²) in [7, 11) is 0. The van der Waals surface area contributed by atoms with Crippen LogP contribution in [0.4, 0.5) is 0 Å². The van der Waals surface area contributed by atoms with Gasteiger partial charge in [-0.3, -0.25) is 9.63 Å². The first-order valence-corrected chi connectivity index (χ1v) is 4.83. The largest absolute Gasteiger partial charge is 0.274 e. The summed E-state index contributed by atoms with van der Waals surface area (Å²) in [5.74, 6) is 0.484. The fourth-order valence-electron chi connectivity index (χ4n) is 1.16. The van der Waals surface area contributed by atoms with Crippen LogP contribution in [-0.2, 0) is 4.84 Å². The maximum atomic E-state index is 11.4. The Labute approximate surface area is 83.0 Å². The Morgan fingerprint density at radius 2 is 2.07 bits per heavy atom. The summed E-state index contributed by atoms with van der Waals surface area (Å²) in [5.41, 5.74) is 3.06. The fourth-order valence-corrected chi connectivity index (χ4v) is 1.16. The molecule has 14 heavy (non-hydrogen) atoms. The van der Waals surface area contributed by atoms with E-state index in [2.05, 4.69) is 5.48 Å². The summed E-state index contributed by atoms with van der Waals surface area (Å²) < 4.78 is 0. The third-order valence-electron chi connectivity index (χ3n) is 2.22. The number of benzene rings is 1. The van der Waals surface area contributed by atoms with Gasteiger partial charge in [0.15, 0.2) is 0 Å². The molecule has 0 saturated heterocycles. The third kappa shape index (κ3) is 2.57. The highest BCUT2D eigenvalue weighted by Gasteiger charge is 2.21. The Balaban J connectivity index is 1.77. The molecule has 0 bridgehead atoms. The van der Waals surface area contributed by atoms with Crippen molar-refractivity contribution in [2.24, 2.45) is 5.92 Å². The molecule has 1 amide bonds. The zero-order valence-electron chi connectivity index (χ0n) is 7.90. The van der Waals surface area contributed by atoms with Crippen LogP contribution < -0.4 is 5.48 Å². The van der Waals surface area contributed by atoms with Gasteiger partial charge in [-0.2, -0.15) is 0 Å². The van der Waals surface area contributed by atoms with Gasteiger partial charge in [0, 0.05) is 5.56 Å². The van der Waals surface area contributed by atoms with Crippen LogP contribution in [0.3, 0.4) is 0 Å². The predicted octanol–water partition coefficient (Wildman–Crippen LogP) is 1.76. The molecule has 1 N–H and O–H groups in total. The van der Waals surface area contributed by atoms with E-state index in [1.807, 2.05) is 18.2 Å². The number of amides is 1. The minimum absolute atomic E-state index is 0.175. The number of nitrogens with one attached hydrogen (secondary N) is 1. The molecule has 1 fully saturated rings. The van der Waals surface area contributed by atoms with Crippen molar-refractivity contribution >= 4 is 5.91 Å². The van der Waals surface area contributed by atoms with Crippen molar-refractivity contribution in [3.8, 4) is 0 Å². The summed E-state index contributed by atoms with van der Waals surface area (Å²) >= 11 is 0. The van der Waals surface area contributed by atoms with Crippen molar-refractivity contribution in [1.29, 1.82) is 0 Å². The van der Waals surface area contributed by atoms with Gasteiger partial charge < -0.3 is 0 Å². The molecule has 1 aromatic carbocycles. The number of rotatable bonds is 4. The molecule has 3 nitrogen and oxygen atoms in total. The standard InChI is InChI=1S/C11H13NO2/c13-11(10-4-2-1-3-5-10)12-14-8-9-6-7-9/h1-5,9H,6-8H2,(H,12,13). The summed E-state index contributed by atoms with van der Waals surface area (Å²) in [6.45, 7) is 0.637. The van der Waals surface area contributed by atoms with Crippen molar-refractivity contribution in [2.75, 3.05) is 6.61 Å². The zero-order valence-corrected chi connectivity index (χ0v) is 7.90. The summed E-state index contributed by atoms with van der Waals surface area (Å²) in [6.07, 6.45) is 2.45. The number of carbonyl (C=O) groups is 1. The average Bonchev–Trinajstić information content (AvgIpc) is 3.03. The van der Waals surface area contributed by atoms with Crippen LogP contribution in [0.25, 0.3) is 0 Å². The molecule has 1 aromatic rings. The van der Waals surface area contributed by atoms with E-state index in [9.17, 15) is 4.79 Å². The molecule has 0 unspecified atom stereocenters. The second-order valence-electron chi connectivity index (χ2n) is 3.55. The van der Waals surface area contributed by atoms with E-state index in [1.165, 1.54) is 12.8 Å². The van der Waals surface area contributed by atoms with Gasteiger partial charge in [-0.1, -0.05) is 18.2 Å². The second kappa shape index (κ2) is 4.24. The second-order valence-corrected chi connectivity index (χ2v) is 3.55. The molecule has 1 saturated carbocycles. The average molecular weight is 191 g/mol. The molecule has 0 aromatic heterocycles. The Morgan fingerprint density at radius 1 is 1.36 bits per heavy atom. The molecule has 2 rings (SSSR count). The number of hydrogen-bond acceptors (Lipinski definition) is 2. The van der Waals surface area contributed by atoms with Gasteiger partial charge in [0.25, 0.3) is 5.91 Å². The zero-order chi connectivity index (χ0) is 9.80. The Morgan fingerprint density at radius 3 is 2.71 bits per heavy atom. The lowest BCUT2D eigenvalue weighted by Gasteiger charge is -2.04. The molecule has 1 aliphatic carbocycles. The molecule has 0 atom stereocenters. The van der Waals surface area contributed by atoms with Gasteiger partial charge in [0.2, 0.25) is 0 Å². The van der Waals surface area contributed by atoms with E-state index < -0.39 is 0 Å². The van der Waals surface area contributed by atoms with Crippen molar-refractivity contribution in [2.45, 2.75) is 12.8 Å². The Bertz CT molecular complexity index is 306. The maximum Gasteiger partial charge on any atom is 0.274 e. The predicted molar refractivity (Wildman–Crippen MR) is 52.6 cm³/mol. The molecule has 74 valence electrons. The number of carbonyl (C=O) groups excluding carboxylic acids is 1. The van der Waals surface area contributed by atoms with Crippen molar-refractivity contribution in [1.82, 2.24) is 5.48 Å². The highest BCUT2D eigenvalue weighted by Crippen LogP contribution is 2.28. The monoisotopic (exact) mass is 191 g/mol. The fraction of sp³-hybridized carbons (Fsp3) is 0.364. The van der Waals surface area contributed by atoms with Crippen molar-refractivity contribution < 1.29 is 9.63 Å². The van der Waals surface area contributed by atoms with Gasteiger partial charge in [-0.25, -0.2) is 5.48 Å². The highest BCUT2D eigenvalue weighted by molar-refractivity contribution is 5.93. The normalized spacial score (nSPS) is 15.1. The van der Waals surface area contributed by atoms with Gasteiger partial charge in [-0.05, 0) is 30.9 Å². The SMILES string of the molecule is O=C(NOCC1CC1)c1ccccc1. The van der Waals surface area contributed by atoms with E-state index in [0.29, 0.717) is 18.1 Å². The Kier molecular flexibility index (Phi) is 2.79. The van der Waals surface area contributed by atoms with Crippen LogP contribution in [0.2, 0.25) is 0 Å². The molecule has 0 radical (unpaired) electrons. The topological polar surface area (TPSA) is 38.3 Å². The lowest BCUT2D eigenvalue weighted by molar-refractivity contribution is 0.0270. The minimum atomic E-state index is -0.175. The molecule has 0 heterocycles. The van der Waals surface area contributed by atoms with Gasteiger partial charge in [-0.15, -0.1) is 0 Å². The third-order valence-corrected chi connectivity index (χ3v) is 2.22. The highest BCUT2D eigenvalue weighted by atomic mass is 16.7. The first kappa shape index (κ1) is 9.21. The first-order chi connectivity index (χ1) is 6.86. The van der Waals surface area contributed by atoms with Crippen LogP contribution >= 0.6 is 0 Å². The van der Waals surface area contributed by atoms with Crippen LogP contribution in [0.1, 0.15) is 23.2 Å². The molecule has 3 heteroatoms. The van der Waals surface area contributed by atoms with Crippen LogP contribution in [0.5, 0.6) is 0 Å². The van der Waals surface area contributed by atoms with E-state index >= 15 is 0 Å². The molecule has 0 spiro atoms. The molecule has 1 aliphatic rings. The van der Waals surface area contributed by atoms with Gasteiger partial charge >= 0.3 is 0 Å². The number of hydroxylamine groups is 1. The van der Waals surface area contributed by atoms with Crippen molar-refractivity contribution in [3.05, 3.63) is 35.9 Å². The van der Waals surface area contributed by atoms with E-state index in [4.69, 9.17) is 4.84 Å². The maximum absolute atomic E-state index is 11.4. The van der Waals surface area contributed by atoms with E-state index in [0.717, 1.165) is 0 Å². The van der Waals surface area contributed by atoms with Crippen LogP contribution in [-0.4, -0.2) is 12.5 Å². The van der Waals surface area contributed by atoms with Gasteiger partial charge in [0.05, 0.1) is 6.61 Å². The minimum Gasteiger partial charge on any atom is -0.273 e. The van der Waals surface area contributed by atoms with Crippen LogP contribution in [0, 0.1) is 5.92 Å². The summed E-state index contributed by atoms with van der Waals surface area (Å²) in [4.78, 5) is 16.5. The first-order valence-electron chi connectivity index (χ1n) is 4.83. The van der Waals surface area contributed by atoms with E-state index in [1.54, 1.807) is 12.1 Å². The summed E-state index contributed by atoms with van der Waals surface area (Å²) in [5, 5.41) is 0. The number of hydrogen-bond donors (Lipinski definition) is 1. The lowest BCUT2D eigenvalue weighted by atomic mass is 10.2. The van der Waals surface area contributed by atoms with Crippen molar-refractivity contribution in [3.63, 3.8) is 0 Å². The quantitative estimate of drug-likeness (QED) is 0.736. The Hall–Kier alpha value is -1.35. The lowest BCUT2D eigenvalue weighted by Crippen LogP contribution is -2.24. The van der Waals surface area contributed by atoms with Crippen LogP contribution in [0.15, 0.2) is 30.3 Å². The van der Waals surface area contributed by atoms with E-state index in [-0.39, 0.29) is 5.91 Å².